The minimum absolute atomic E-state index is 0.00402. The van der Waals surface area contributed by atoms with E-state index in [4.69, 9.17) is 4.74 Å². The minimum Gasteiger partial charge on any atom is -0.376 e. The van der Waals surface area contributed by atoms with Crippen molar-refractivity contribution in [3.63, 3.8) is 0 Å². The van der Waals surface area contributed by atoms with E-state index in [0.717, 1.165) is 12.8 Å². The molecule has 34 heavy (non-hydrogen) atoms. The quantitative estimate of drug-likeness (QED) is 0.358. The number of nitro benzene ring substituents is 1. The van der Waals surface area contributed by atoms with E-state index < -0.39 is 10.8 Å². The van der Waals surface area contributed by atoms with Gasteiger partial charge in [0, 0.05) is 31.2 Å². The molecule has 4 rings (SSSR count). The van der Waals surface area contributed by atoms with Gasteiger partial charge < -0.3 is 10.1 Å². The molecule has 180 valence electrons. The summed E-state index contributed by atoms with van der Waals surface area (Å²) in [5, 5.41) is 19.5. The third kappa shape index (κ3) is 4.79. The second-order valence-corrected chi connectivity index (χ2v) is 9.75. The number of amides is 1. The highest BCUT2D eigenvalue weighted by Crippen LogP contribution is 2.38. The summed E-state index contributed by atoms with van der Waals surface area (Å²) in [6.45, 7) is 8.80. The Morgan fingerprint density at radius 2 is 2.21 bits per heavy atom. The van der Waals surface area contributed by atoms with Crippen LogP contribution in [-0.2, 0) is 17.6 Å². The van der Waals surface area contributed by atoms with Crippen molar-refractivity contribution in [1.29, 1.82) is 0 Å². The number of hydrogen-bond donors (Lipinski definition) is 1. The van der Waals surface area contributed by atoms with E-state index in [1.807, 2.05) is 13.8 Å². The molecular weight excluding hydrogens is 436 g/mol. The van der Waals surface area contributed by atoms with Gasteiger partial charge in [0.05, 0.1) is 28.0 Å². The Labute approximate surface area is 198 Å². The number of nitrogens with one attached hydrogen (secondary N) is 1. The van der Waals surface area contributed by atoms with Gasteiger partial charge in [0.15, 0.2) is 5.78 Å². The van der Waals surface area contributed by atoms with Crippen LogP contribution in [0.2, 0.25) is 0 Å². The molecule has 1 aromatic carbocycles. The first kappa shape index (κ1) is 23.8. The van der Waals surface area contributed by atoms with Gasteiger partial charge in [-0.05, 0) is 49.7 Å². The molecular formula is C25H30N4O5. The second kappa shape index (κ2) is 9.50. The lowest BCUT2D eigenvalue weighted by Crippen LogP contribution is -2.31. The molecule has 2 aliphatic rings. The number of carbonyl (C=O) groups excluding carboxylic acids is 2. The van der Waals surface area contributed by atoms with Crippen LogP contribution in [0.15, 0.2) is 30.9 Å². The second-order valence-electron chi connectivity index (χ2n) is 9.75. The average Bonchev–Trinajstić information content (AvgIpc) is 3.42. The fourth-order valence-corrected chi connectivity index (χ4v) is 4.74. The monoisotopic (exact) mass is 466 g/mol. The van der Waals surface area contributed by atoms with Crippen LogP contribution in [0.25, 0.3) is 5.69 Å². The number of aromatic nitrogens is 2. The topological polar surface area (TPSA) is 116 Å². The van der Waals surface area contributed by atoms with Gasteiger partial charge in [-0.15, -0.1) is 6.58 Å². The zero-order valence-electron chi connectivity index (χ0n) is 19.6. The molecule has 0 radical (unpaired) electrons. The zero-order valence-corrected chi connectivity index (χ0v) is 19.6. The highest BCUT2D eigenvalue weighted by atomic mass is 16.6. The summed E-state index contributed by atoms with van der Waals surface area (Å²) in [5.74, 6) is -0.389. The summed E-state index contributed by atoms with van der Waals surface area (Å²) in [6.07, 6.45) is 5.72. The van der Waals surface area contributed by atoms with Gasteiger partial charge >= 0.3 is 0 Å². The average molecular weight is 467 g/mol. The normalized spacial score (nSPS) is 19.0. The number of ketones is 1. The maximum absolute atomic E-state index is 13.0. The van der Waals surface area contributed by atoms with E-state index in [2.05, 4.69) is 17.0 Å². The summed E-state index contributed by atoms with van der Waals surface area (Å²) >= 11 is 0. The molecule has 1 fully saturated rings. The number of fused-ring (bicyclic) bond motifs is 1. The number of aryl methyl sites for hydroxylation is 1. The lowest BCUT2D eigenvalue weighted by molar-refractivity contribution is -0.384. The van der Waals surface area contributed by atoms with Crippen LogP contribution in [-0.4, -0.2) is 45.6 Å². The summed E-state index contributed by atoms with van der Waals surface area (Å²) in [7, 11) is 0. The SMILES string of the molecule is C=CCCc1nn(-c2ccc(C(=O)NCC3CCCO3)cc2[N+](=O)[O-])c2c1C(=O)CC(C)(C)C2. The largest absolute Gasteiger partial charge is 0.376 e. The zero-order chi connectivity index (χ0) is 24.5. The lowest BCUT2D eigenvalue weighted by Gasteiger charge is -2.29. The third-order valence-corrected chi connectivity index (χ3v) is 6.38. The van der Waals surface area contributed by atoms with Crippen molar-refractivity contribution in [2.45, 2.75) is 58.5 Å². The fraction of sp³-hybridized carbons (Fsp3) is 0.480. The summed E-state index contributed by atoms with van der Waals surface area (Å²) in [6, 6.07) is 4.36. The van der Waals surface area contributed by atoms with E-state index in [1.54, 1.807) is 12.1 Å². The van der Waals surface area contributed by atoms with Crippen molar-refractivity contribution in [3.8, 4) is 5.69 Å². The van der Waals surface area contributed by atoms with Gasteiger partial charge in [-0.3, -0.25) is 19.7 Å². The third-order valence-electron chi connectivity index (χ3n) is 6.38. The first-order valence-electron chi connectivity index (χ1n) is 11.6. The van der Waals surface area contributed by atoms with Crippen molar-refractivity contribution < 1.29 is 19.2 Å². The Bertz CT molecular complexity index is 1140. The van der Waals surface area contributed by atoms with Gasteiger partial charge in [-0.1, -0.05) is 19.9 Å². The maximum Gasteiger partial charge on any atom is 0.295 e. The van der Waals surface area contributed by atoms with Crippen LogP contribution in [0.5, 0.6) is 0 Å². The van der Waals surface area contributed by atoms with Crippen LogP contribution < -0.4 is 5.32 Å². The number of benzene rings is 1. The van der Waals surface area contributed by atoms with Crippen LogP contribution in [0.4, 0.5) is 5.69 Å². The molecule has 1 saturated heterocycles. The Hall–Kier alpha value is -3.33. The lowest BCUT2D eigenvalue weighted by atomic mass is 9.75. The molecule has 1 amide bonds. The summed E-state index contributed by atoms with van der Waals surface area (Å²) in [4.78, 5) is 37.1. The van der Waals surface area contributed by atoms with Gasteiger partial charge in [-0.2, -0.15) is 5.10 Å². The number of ether oxygens (including phenoxy) is 1. The molecule has 1 aromatic heterocycles. The van der Waals surface area contributed by atoms with Crippen LogP contribution in [0.1, 0.15) is 71.6 Å². The van der Waals surface area contributed by atoms with E-state index in [-0.39, 0.29) is 34.2 Å². The molecule has 9 heteroatoms. The number of nitrogens with zero attached hydrogens (tertiary/aromatic N) is 3. The number of rotatable bonds is 8. The molecule has 2 aromatic rings. The van der Waals surface area contributed by atoms with E-state index in [1.165, 1.54) is 16.8 Å². The van der Waals surface area contributed by atoms with Crippen molar-refractivity contribution in [2.24, 2.45) is 5.41 Å². The highest BCUT2D eigenvalue weighted by molar-refractivity contribution is 6.00. The van der Waals surface area contributed by atoms with Gasteiger partial charge in [0.25, 0.3) is 11.6 Å². The first-order chi connectivity index (χ1) is 16.2. The predicted molar refractivity (Wildman–Crippen MR) is 126 cm³/mol. The molecule has 1 aliphatic carbocycles. The van der Waals surface area contributed by atoms with Gasteiger partial charge in [-0.25, -0.2) is 4.68 Å². The number of Topliss-reactive ketones (excluding diaryl/α,β-unsaturated/α-hetero) is 1. The highest BCUT2D eigenvalue weighted by Gasteiger charge is 2.37. The summed E-state index contributed by atoms with van der Waals surface area (Å²) in [5.41, 5.74) is 1.79. The van der Waals surface area contributed by atoms with Crippen LogP contribution >= 0.6 is 0 Å². The van der Waals surface area contributed by atoms with Crippen LogP contribution in [0, 0.1) is 15.5 Å². The molecule has 0 spiro atoms. The molecule has 1 unspecified atom stereocenters. The first-order valence-corrected chi connectivity index (χ1v) is 11.6. The van der Waals surface area contributed by atoms with Crippen molar-refractivity contribution >= 4 is 17.4 Å². The molecule has 0 bridgehead atoms. The Balaban J connectivity index is 1.72. The van der Waals surface area contributed by atoms with Crippen molar-refractivity contribution in [1.82, 2.24) is 15.1 Å². The smallest absolute Gasteiger partial charge is 0.295 e. The van der Waals surface area contributed by atoms with Gasteiger partial charge in [0.2, 0.25) is 0 Å². The number of nitro groups is 1. The van der Waals surface area contributed by atoms with Crippen molar-refractivity contribution in [2.75, 3.05) is 13.2 Å². The van der Waals surface area contributed by atoms with E-state index in [0.29, 0.717) is 55.8 Å². The standard InChI is InChI=1S/C25H30N4O5/c1-4-5-8-18-23-21(13-25(2,3)14-22(23)30)28(27-18)19-10-9-16(12-20(19)29(32)33)24(31)26-15-17-7-6-11-34-17/h4,9-10,12,17H,1,5-8,11,13-15H2,2-3H3,(H,26,31). The predicted octanol–water partition coefficient (Wildman–Crippen LogP) is 3.96. The van der Waals surface area contributed by atoms with E-state index in [9.17, 15) is 19.7 Å². The fourth-order valence-electron chi connectivity index (χ4n) is 4.74. The molecule has 1 atom stereocenters. The Kier molecular flexibility index (Phi) is 6.65. The molecule has 1 N–H and O–H groups in total. The maximum atomic E-state index is 13.0. The molecule has 2 heterocycles. The van der Waals surface area contributed by atoms with Crippen LogP contribution in [0.3, 0.4) is 0 Å². The number of allylic oxidation sites excluding steroid dienone is 1. The van der Waals surface area contributed by atoms with Gasteiger partial charge in [0.1, 0.15) is 5.69 Å². The Morgan fingerprint density at radius 1 is 1.41 bits per heavy atom. The number of carbonyl (C=O) groups is 2. The Morgan fingerprint density at radius 3 is 2.88 bits per heavy atom. The molecule has 1 aliphatic heterocycles. The van der Waals surface area contributed by atoms with Crippen molar-refractivity contribution in [3.05, 3.63) is 63.5 Å². The number of hydrogen-bond acceptors (Lipinski definition) is 6. The summed E-state index contributed by atoms with van der Waals surface area (Å²) < 4.78 is 7.04. The molecule has 9 nitrogen and oxygen atoms in total. The van der Waals surface area contributed by atoms with E-state index >= 15 is 0 Å². The minimum atomic E-state index is -0.514. The molecule has 0 saturated carbocycles.